The van der Waals surface area contributed by atoms with Crippen LogP contribution in [0.25, 0.3) is 0 Å². The summed E-state index contributed by atoms with van der Waals surface area (Å²) < 4.78 is 0. The molecule has 1 aliphatic carbocycles. The maximum absolute atomic E-state index is 3.60. The van der Waals surface area contributed by atoms with E-state index < -0.39 is 0 Å². The van der Waals surface area contributed by atoms with Crippen LogP contribution in [0.2, 0.25) is 0 Å². The molecule has 3 nitrogen and oxygen atoms in total. The molecule has 0 unspecified atom stereocenters. The summed E-state index contributed by atoms with van der Waals surface area (Å²) in [6, 6.07) is 0.867. The largest absolute Gasteiger partial charge is 0.315 e. The third kappa shape index (κ3) is 7.91. The number of nitrogens with zero attached hydrogens (tertiary/aromatic N) is 2. The van der Waals surface area contributed by atoms with Crippen LogP contribution in [0.15, 0.2) is 0 Å². The van der Waals surface area contributed by atoms with Gasteiger partial charge in [-0.25, -0.2) is 0 Å². The van der Waals surface area contributed by atoms with Crippen LogP contribution in [-0.4, -0.2) is 62.7 Å². The van der Waals surface area contributed by atoms with Crippen LogP contribution >= 0.6 is 0 Å². The third-order valence-electron chi connectivity index (χ3n) is 3.98. The van der Waals surface area contributed by atoms with Gasteiger partial charge in [-0.05, 0) is 52.4 Å². The molecule has 0 aliphatic heterocycles. The quantitative estimate of drug-likeness (QED) is 0.615. The van der Waals surface area contributed by atoms with Crippen molar-refractivity contribution in [3.8, 4) is 0 Å². The van der Waals surface area contributed by atoms with Gasteiger partial charge in [-0.1, -0.05) is 26.7 Å². The molecule has 3 heteroatoms. The van der Waals surface area contributed by atoms with Crippen LogP contribution < -0.4 is 5.32 Å². The highest BCUT2D eigenvalue weighted by molar-refractivity contribution is 4.78. The molecule has 1 rings (SSSR count). The van der Waals surface area contributed by atoms with E-state index in [0.717, 1.165) is 25.0 Å². The molecular weight excluding hydrogens is 234 g/mol. The molecule has 0 atom stereocenters. The Morgan fingerprint density at radius 2 is 1.74 bits per heavy atom. The van der Waals surface area contributed by atoms with E-state index in [-0.39, 0.29) is 0 Å². The topological polar surface area (TPSA) is 18.5 Å². The molecule has 1 N–H and O–H groups in total. The lowest BCUT2D eigenvalue weighted by Crippen LogP contribution is -2.41. The molecule has 0 bridgehead atoms. The number of hydrogen-bond donors (Lipinski definition) is 1. The molecule has 0 aromatic heterocycles. The molecule has 0 aromatic rings. The van der Waals surface area contributed by atoms with E-state index in [9.17, 15) is 0 Å². The Labute approximate surface area is 120 Å². The van der Waals surface area contributed by atoms with Crippen LogP contribution in [0.1, 0.15) is 46.0 Å². The zero-order valence-electron chi connectivity index (χ0n) is 13.6. The first-order chi connectivity index (χ1) is 9.09. The molecule has 0 amide bonds. The first-order valence-electron chi connectivity index (χ1n) is 8.19. The Bertz CT molecular complexity index is 210. The van der Waals surface area contributed by atoms with Crippen LogP contribution in [0, 0.1) is 5.92 Å². The molecule has 114 valence electrons. The summed E-state index contributed by atoms with van der Waals surface area (Å²) in [5.74, 6) is 0.786. The summed E-state index contributed by atoms with van der Waals surface area (Å²) >= 11 is 0. The summed E-state index contributed by atoms with van der Waals surface area (Å²) in [6.07, 6.45) is 6.98. The average Bonchev–Trinajstić information content (AvgIpc) is 2.84. The zero-order valence-corrected chi connectivity index (χ0v) is 13.6. The minimum Gasteiger partial charge on any atom is -0.315 e. The van der Waals surface area contributed by atoms with E-state index in [1.807, 2.05) is 0 Å². The van der Waals surface area contributed by atoms with Crippen LogP contribution in [-0.2, 0) is 0 Å². The third-order valence-corrected chi connectivity index (χ3v) is 3.98. The van der Waals surface area contributed by atoms with Gasteiger partial charge >= 0.3 is 0 Å². The van der Waals surface area contributed by atoms with Gasteiger partial charge in [0.15, 0.2) is 0 Å². The van der Waals surface area contributed by atoms with Gasteiger partial charge in [-0.3, -0.25) is 4.90 Å². The Hall–Kier alpha value is -0.120. The van der Waals surface area contributed by atoms with E-state index in [1.165, 1.54) is 51.7 Å². The molecule has 1 aliphatic rings. The molecule has 0 heterocycles. The summed E-state index contributed by atoms with van der Waals surface area (Å²) in [5.41, 5.74) is 0. The fraction of sp³-hybridized carbons (Fsp3) is 1.00. The van der Waals surface area contributed by atoms with Gasteiger partial charge in [0.25, 0.3) is 0 Å². The summed E-state index contributed by atoms with van der Waals surface area (Å²) in [5, 5.41) is 3.60. The molecular formula is C16H35N3. The molecule has 0 saturated heterocycles. The Balaban J connectivity index is 2.13. The molecule has 0 radical (unpaired) electrons. The van der Waals surface area contributed by atoms with Crippen molar-refractivity contribution in [2.75, 3.05) is 46.8 Å². The van der Waals surface area contributed by atoms with Gasteiger partial charge < -0.3 is 10.2 Å². The fourth-order valence-electron chi connectivity index (χ4n) is 3.03. The molecule has 19 heavy (non-hydrogen) atoms. The second kappa shape index (κ2) is 9.73. The highest BCUT2D eigenvalue weighted by atomic mass is 15.2. The van der Waals surface area contributed by atoms with Crippen molar-refractivity contribution in [2.45, 2.75) is 52.0 Å². The average molecular weight is 269 g/mol. The summed E-state index contributed by atoms with van der Waals surface area (Å²) in [7, 11) is 4.29. The smallest absolute Gasteiger partial charge is 0.0110 e. The number of rotatable bonds is 10. The first kappa shape index (κ1) is 16.9. The summed E-state index contributed by atoms with van der Waals surface area (Å²) in [4.78, 5) is 4.99. The van der Waals surface area contributed by atoms with Crippen molar-refractivity contribution < 1.29 is 0 Å². The standard InChI is InChI=1S/C16H35N3/c1-15(2)14-19(16-8-5-6-9-16)13-11-17-10-7-12-18(3)4/h15-17H,5-14H2,1-4H3. The fourth-order valence-corrected chi connectivity index (χ4v) is 3.03. The van der Waals surface area contributed by atoms with Crippen LogP contribution in [0.3, 0.4) is 0 Å². The second-order valence-corrected chi connectivity index (χ2v) is 6.73. The predicted octanol–water partition coefficient (Wildman–Crippen LogP) is 2.43. The van der Waals surface area contributed by atoms with Crippen molar-refractivity contribution in [1.82, 2.24) is 15.1 Å². The van der Waals surface area contributed by atoms with E-state index in [4.69, 9.17) is 0 Å². The molecule has 0 aromatic carbocycles. The Kier molecular flexibility index (Phi) is 8.67. The zero-order chi connectivity index (χ0) is 14.1. The predicted molar refractivity (Wildman–Crippen MR) is 84.7 cm³/mol. The monoisotopic (exact) mass is 269 g/mol. The van der Waals surface area contributed by atoms with E-state index in [1.54, 1.807) is 0 Å². The number of nitrogens with one attached hydrogen (secondary N) is 1. The van der Waals surface area contributed by atoms with Crippen molar-refractivity contribution >= 4 is 0 Å². The van der Waals surface area contributed by atoms with Gasteiger partial charge in [0.1, 0.15) is 0 Å². The minimum atomic E-state index is 0.786. The number of hydrogen-bond acceptors (Lipinski definition) is 3. The highest BCUT2D eigenvalue weighted by Crippen LogP contribution is 2.23. The van der Waals surface area contributed by atoms with Crippen LogP contribution in [0.4, 0.5) is 0 Å². The van der Waals surface area contributed by atoms with E-state index in [0.29, 0.717) is 0 Å². The Morgan fingerprint density at radius 1 is 1.05 bits per heavy atom. The molecule has 1 fully saturated rings. The SMILES string of the molecule is CC(C)CN(CCNCCCN(C)C)C1CCCC1. The van der Waals surface area contributed by atoms with Gasteiger partial charge in [0.05, 0.1) is 0 Å². The van der Waals surface area contributed by atoms with Crippen molar-refractivity contribution in [2.24, 2.45) is 5.92 Å². The lowest BCUT2D eigenvalue weighted by molar-refractivity contribution is 0.177. The molecule has 1 saturated carbocycles. The maximum Gasteiger partial charge on any atom is 0.0110 e. The van der Waals surface area contributed by atoms with Crippen molar-refractivity contribution in [3.05, 3.63) is 0 Å². The summed E-state index contributed by atoms with van der Waals surface area (Å²) in [6.45, 7) is 10.7. The van der Waals surface area contributed by atoms with Gasteiger partial charge in [0.2, 0.25) is 0 Å². The Morgan fingerprint density at radius 3 is 2.32 bits per heavy atom. The normalized spacial score (nSPS) is 17.2. The van der Waals surface area contributed by atoms with E-state index >= 15 is 0 Å². The van der Waals surface area contributed by atoms with Crippen LogP contribution in [0.5, 0.6) is 0 Å². The lowest BCUT2D eigenvalue weighted by atomic mass is 10.1. The van der Waals surface area contributed by atoms with Crippen molar-refractivity contribution in [3.63, 3.8) is 0 Å². The lowest BCUT2D eigenvalue weighted by Gasteiger charge is -2.30. The van der Waals surface area contributed by atoms with Gasteiger partial charge in [0, 0.05) is 25.7 Å². The van der Waals surface area contributed by atoms with Gasteiger partial charge in [-0.15, -0.1) is 0 Å². The minimum absolute atomic E-state index is 0.786. The molecule has 0 spiro atoms. The highest BCUT2D eigenvalue weighted by Gasteiger charge is 2.22. The van der Waals surface area contributed by atoms with E-state index in [2.05, 4.69) is 43.1 Å². The first-order valence-corrected chi connectivity index (χ1v) is 8.19. The van der Waals surface area contributed by atoms with Crippen molar-refractivity contribution in [1.29, 1.82) is 0 Å². The van der Waals surface area contributed by atoms with Gasteiger partial charge in [-0.2, -0.15) is 0 Å². The maximum atomic E-state index is 3.60. The second-order valence-electron chi connectivity index (χ2n) is 6.73.